The number of halogens is 1. The summed E-state index contributed by atoms with van der Waals surface area (Å²) in [5.41, 5.74) is 13.0. The molecule has 0 bridgehead atoms. The molecule has 1 rings (SSSR count). The highest BCUT2D eigenvalue weighted by Crippen LogP contribution is 2.35. The van der Waals surface area contributed by atoms with E-state index in [0.29, 0.717) is 28.4 Å². The number of nitrogen functional groups attached to an aromatic ring is 2. The van der Waals surface area contributed by atoms with Gasteiger partial charge in [-0.1, -0.05) is 45.7 Å². The van der Waals surface area contributed by atoms with Crippen LogP contribution in [0.3, 0.4) is 0 Å². The first kappa shape index (κ1) is 15.9. The molecule has 0 saturated carbocycles. The first-order chi connectivity index (χ1) is 8.68. The standard InChI is InChI=1S/C14H25ClN4/c1-6-7-10(14(2,3)4)19(5)13-12(17)9(16)8-11(15)18-13/h8,10H,6-7,17H2,1-5H3,(H2,16,18). The molecule has 0 aliphatic heterocycles. The molecule has 0 amide bonds. The molecule has 0 aliphatic rings. The lowest BCUT2D eigenvalue weighted by molar-refractivity contribution is 0.294. The van der Waals surface area contributed by atoms with Gasteiger partial charge in [0.05, 0.1) is 11.4 Å². The van der Waals surface area contributed by atoms with E-state index in [4.69, 9.17) is 23.1 Å². The van der Waals surface area contributed by atoms with E-state index in [0.717, 1.165) is 12.8 Å². The average molecular weight is 285 g/mol. The Hall–Kier alpha value is -1.16. The van der Waals surface area contributed by atoms with Gasteiger partial charge in [-0.05, 0) is 11.8 Å². The van der Waals surface area contributed by atoms with Crippen molar-refractivity contribution in [2.75, 3.05) is 23.4 Å². The lowest BCUT2D eigenvalue weighted by Crippen LogP contribution is -2.42. The Labute approximate surface area is 121 Å². The number of pyridine rings is 1. The minimum absolute atomic E-state index is 0.121. The van der Waals surface area contributed by atoms with Gasteiger partial charge in [-0.15, -0.1) is 0 Å². The van der Waals surface area contributed by atoms with E-state index in [1.807, 2.05) is 7.05 Å². The fourth-order valence-corrected chi connectivity index (χ4v) is 2.62. The van der Waals surface area contributed by atoms with Gasteiger partial charge in [-0.3, -0.25) is 0 Å². The van der Waals surface area contributed by atoms with E-state index < -0.39 is 0 Å². The molecule has 1 heterocycles. The number of rotatable bonds is 4. The molecular formula is C14H25ClN4. The van der Waals surface area contributed by atoms with E-state index in [-0.39, 0.29) is 5.41 Å². The molecule has 0 saturated heterocycles. The summed E-state index contributed by atoms with van der Waals surface area (Å²) in [6.07, 6.45) is 2.16. The van der Waals surface area contributed by atoms with Crippen molar-refractivity contribution >= 4 is 28.8 Å². The summed E-state index contributed by atoms with van der Waals surface area (Å²) in [7, 11) is 2.00. The predicted octanol–water partition coefficient (Wildman–Crippen LogP) is 3.55. The van der Waals surface area contributed by atoms with E-state index >= 15 is 0 Å². The second kappa shape index (κ2) is 5.87. The predicted molar refractivity (Wildman–Crippen MR) is 84.6 cm³/mol. The van der Waals surface area contributed by atoms with Crippen LogP contribution in [0.15, 0.2) is 6.07 Å². The topological polar surface area (TPSA) is 68.2 Å². The quantitative estimate of drug-likeness (QED) is 0.830. The largest absolute Gasteiger partial charge is 0.397 e. The van der Waals surface area contributed by atoms with Crippen LogP contribution in [0.25, 0.3) is 0 Å². The Kier molecular flexibility index (Phi) is 4.91. The highest BCUT2D eigenvalue weighted by atomic mass is 35.5. The third kappa shape index (κ3) is 3.66. The minimum atomic E-state index is 0.121. The van der Waals surface area contributed by atoms with Crippen LogP contribution in [-0.4, -0.2) is 18.1 Å². The van der Waals surface area contributed by atoms with Gasteiger partial charge in [0.1, 0.15) is 5.15 Å². The molecule has 1 atom stereocenters. The smallest absolute Gasteiger partial charge is 0.155 e. The SMILES string of the molecule is CCCC(N(C)c1nc(Cl)cc(N)c1N)C(C)(C)C. The monoisotopic (exact) mass is 284 g/mol. The normalized spacial score (nSPS) is 13.4. The number of nitrogens with two attached hydrogens (primary N) is 2. The van der Waals surface area contributed by atoms with Crippen molar-refractivity contribution in [1.29, 1.82) is 0 Å². The molecule has 0 spiro atoms. The highest BCUT2D eigenvalue weighted by molar-refractivity contribution is 6.30. The van der Waals surface area contributed by atoms with Crippen molar-refractivity contribution in [1.82, 2.24) is 4.98 Å². The number of hydrogen-bond donors (Lipinski definition) is 2. The molecule has 4 N–H and O–H groups in total. The van der Waals surface area contributed by atoms with Crippen molar-refractivity contribution in [3.8, 4) is 0 Å². The zero-order valence-corrected chi connectivity index (χ0v) is 13.3. The third-order valence-corrected chi connectivity index (χ3v) is 3.60. The zero-order valence-electron chi connectivity index (χ0n) is 12.5. The summed E-state index contributed by atoms with van der Waals surface area (Å²) >= 11 is 5.99. The van der Waals surface area contributed by atoms with Crippen LogP contribution in [0.4, 0.5) is 17.2 Å². The molecule has 0 aromatic carbocycles. The Bertz CT molecular complexity index is 440. The van der Waals surface area contributed by atoms with Crippen molar-refractivity contribution < 1.29 is 0 Å². The van der Waals surface area contributed by atoms with Crippen LogP contribution in [-0.2, 0) is 0 Å². The maximum absolute atomic E-state index is 6.04. The fourth-order valence-electron chi connectivity index (χ4n) is 2.43. The molecule has 5 heteroatoms. The minimum Gasteiger partial charge on any atom is -0.397 e. The second-order valence-electron chi connectivity index (χ2n) is 6.05. The molecule has 4 nitrogen and oxygen atoms in total. The molecule has 1 aromatic heterocycles. The van der Waals surface area contributed by atoms with Crippen molar-refractivity contribution in [2.45, 2.75) is 46.6 Å². The van der Waals surface area contributed by atoms with E-state index in [2.05, 4.69) is 37.6 Å². The van der Waals surface area contributed by atoms with Gasteiger partial charge in [-0.25, -0.2) is 4.98 Å². The highest BCUT2D eigenvalue weighted by Gasteiger charge is 2.29. The molecule has 0 aliphatic carbocycles. The molecule has 0 radical (unpaired) electrons. The Balaban J connectivity index is 3.20. The molecule has 0 fully saturated rings. The summed E-state index contributed by atoms with van der Waals surface area (Å²) in [5.74, 6) is 0.665. The van der Waals surface area contributed by atoms with E-state index in [9.17, 15) is 0 Å². The number of hydrogen-bond acceptors (Lipinski definition) is 4. The zero-order chi connectivity index (χ0) is 14.8. The first-order valence-corrected chi connectivity index (χ1v) is 7.00. The summed E-state index contributed by atoms with van der Waals surface area (Å²) in [4.78, 5) is 6.43. The Morgan fingerprint density at radius 1 is 1.37 bits per heavy atom. The van der Waals surface area contributed by atoms with Crippen LogP contribution < -0.4 is 16.4 Å². The lowest BCUT2D eigenvalue weighted by atomic mass is 9.83. The van der Waals surface area contributed by atoms with Gasteiger partial charge in [0.25, 0.3) is 0 Å². The number of aromatic nitrogens is 1. The maximum atomic E-state index is 6.04. The third-order valence-electron chi connectivity index (χ3n) is 3.40. The molecule has 108 valence electrons. The van der Waals surface area contributed by atoms with Crippen LogP contribution in [0.5, 0.6) is 0 Å². The number of nitrogens with zero attached hydrogens (tertiary/aromatic N) is 2. The summed E-state index contributed by atoms with van der Waals surface area (Å²) < 4.78 is 0. The van der Waals surface area contributed by atoms with Gasteiger partial charge in [-0.2, -0.15) is 0 Å². The van der Waals surface area contributed by atoms with Crippen molar-refractivity contribution in [3.05, 3.63) is 11.2 Å². The van der Waals surface area contributed by atoms with Crippen molar-refractivity contribution in [3.63, 3.8) is 0 Å². The van der Waals surface area contributed by atoms with Gasteiger partial charge in [0.2, 0.25) is 0 Å². The van der Waals surface area contributed by atoms with E-state index in [1.165, 1.54) is 0 Å². The Morgan fingerprint density at radius 2 is 1.95 bits per heavy atom. The number of anilines is 3. The Morgan fingerprint density at radius 3 is 2.42 bits per heavy atom. The van der Waals surface area contributed by atoms with Crippen LogP contribution in [0.1, 0.15) is 40.5 Å². The van der Waals surface area contributed by atoms with Crippen LogP contribution >= 0.6 is 11.6 Å². The molecular weight excluding hydrogens is 260 g/mol. The summed E-state index contributed by atoms with van der Waals surface area (Å²) in [6.45, 7) is 8.82. The average Bonchev–Trinajstić information content (AvgIpc) is 2.28. The van der Waals surface area contributed by atoms with Gasteiger partial charge in [0.15, 0.2) is 5.82 Å². The summed E-state index contributed by atoms with van der Waals surface area (Å²) in [5, 5.41) is 0.373. The molecule has 1 unspecified atom stereocenters. The van der Waals surface area contributed by atoms with Crippen LogP contribution in [0.2, 0.25) is 5.15 Å². The maximum Gasteiger partial charge on any atom is 0.155 e. The lowest BCUT2D eigenvalue weighted by Gasteiger charge is -2.39. The van der Waals surface area contributed by atoms with Crippen molar-refractivity contribution in [2.24, 2.45) is 5.41 Å². The summed E-state index contributed by atoms with van der Waals surface area (Å²) in [6, 6.07) is 1.91. The second-order valence-corrected chi connectivity index (χ2v) is 6.44. The first-order valence-electron chi connectivity index (χ1n) is 6.62. The molecule has 19 heavy (non-hydrogen) atoms. The van der Waals surface area contributed by atoms with Crippen LogP contribution in [0, 0.1) is 5.41 Å². The van der Waals surface area contributed by atoms with E-state index in [1.54, 1.807) is 6.07 Å². The van der Waals surface area contributed by atoms with Gasteiger partial charge in [0, 0.05) is 19.2 Å². The molecule has 1 aromatic rings. The van der Waals surface area contributed by atoms with Gasteiger partial charge < -0.3 is 16.4 Å². The fraction of sp³-hybridized carbons (Fsp3) is 0.643. The van der Waals surface area contributed by atoms with Gasteiger partial charge >= 0.3 is 0 Å².